The number of carbonyl (C=O) groups is 1. The number of halogens is 3. The topological polar surface area (TPSA) is 35.5 Å². The van der Waals surface area contributed by atoms with Gasteiger partial charge in [-0.05, 0) is 49.4 Å². The number of aryl methyl sites for hydroxylation is 3. The predicted octanol–water partition coefficient (Wildman–Crippen LogP) is 4.65. The fourth-order valence-corrected chi connectivity index (χ4v) is 2.35. The molecule has 2 rings (SSSR count). The summed E-state index contributed by atoms with van der Waals surface area (Å²) in [6, 6.07) is 15.6. The Morgan fingerprint density at radius 3 is 2.00 bits per heavy atom. The molecule has 0 N–H and O–H groups in total. The molecule has 6 heteroatoms. The van der Waals surface area contributed by atoms with Gasteiger partial charge in [-0.25, -0.2) is 4.79 Å². The Kier molecular flexibility index (Phi) is 7.06. The van der Waals surface area contributed by atoms with Crippen LogP contribution in [0.4, 0.5) is 13.2 Å². The van der Waals surface area contributed by atoms with E-state index < -0.39 is 25.4 Å². The molecule has 0 saturated heterocycles. The third-order valence-electron chi connectivity index (χ3n) is 3.73. The van der Waals surface area contributed by atoms with E-state index in [9.17, 15) is 18.0 Å². The molecule has 0 spiro atoms. The van der Waals surface area contributed by atoms with E-state index in [1.54, 1.807) is 12.1 Å². The summed E-state index contributed by atoms with van der Waals surface area (Å²) in [4.78, 5) is 11.2. The molecule has 140 valence electrons. The molecule has 0 aliphatic carbocycles. The summed E-state index contributed by atoms with van der Waals surface area (Å²) in [5.74, 6) is -0.638. The van der Waals surface area contributed by atoms with Crippen LogP contribution in [-0.2, 0) is 22.4 Å². The van der Waals surface area contributed by atoms with Crippen LogP contribution in [0.25, 0.3) is 0 Å². The summed E-state index contributed by atoms with van der Waals surface area (Å²) >= 11 is 0. The second kappa shape index (κ2) is 9.27. The van der Waals surface area contributed by atoms with Crippen LogP contribution in [0.1, 0.15) is 23.1 Å². The molecule has 2 aromatic carbocycles. The first kappa shape index (κ1) is 19.8. The molecule has 2 aromatic rings. The fourth-order valence-electron chi connectivity index (χ4n) is 2.35. The second-order valence-corrected chi connectivity index (χ2v) is 6.05. The van der Waals surface area contributed by atoms with Gasteiger partial charge in [0, 0.05) is 0 Å². The lowest BCUT2D eigenvalue weighted by atomic mass is 10.0. The van der Waals surface area contributed by atoms with Crippen molar-refractivity contribution >= 4 is 5.97 Å². The zero-order valence-corrected chi connectivity index (χ0v) is 14.5. The van der Waals surface area contributed by atoms with Crippen LogP contribution in [0.3, 0.4) is 0 Å². The van der Waals surface area contributed by atoms with Gasteiger partial charge in [-0.1, -0.05) is 42.0 Å². The van der Waals surface area contributed by atoms with E-state index in [1.807, 2.05) is 12.1 Å². The maximum absolute atomic E-state index is 11.9. The van der Waals surface area contributed by atoms with E-state index >= 15 is 0 Å². The quantitative estimate of drug-likeness (QED) is 0.638. The molecule has 0 atom stereocenters. The molecule has 0 radical (unpaired) electrons. The summed E-state index contributed by atoms with van der Waals surface area (Å²) in [7, 11) is 0. The van der Waals surface area contributed by atoms with Gasteiger partial charge in [0.2, 0.25) is 0 Å². The van der Waals surface area contributed by atoms with Gasteiger partial charge >= 0.3 is 12.1 Å². The van der Waals surface area contributed by atoms with Crippen LogP contribution in [-0.4, -0.2) is 25.4 Å². The van der Waals surface area contributed by atoms with Crippen LogP contribution >= 0.6 is 0 Å². The van der Waals surface area contributed by atoms with Crippen molar-refractivity contribution in [1.82, 2.24) is 0 Å². The Labute approximate surface area is 150 Å². The van der Waals surface area contributed by atoms with Gasteiger partial charge in [0.1, 0.15) is 5.75 Å². The average molecular weight is 366 g/mol. The Hall–Kier alpha value is -2.50. The minimum atomic E-state index is -4.53. The number of carbonyl (C=O) groups excluding carboxylic acids is 1. The summed E-state index contributed by atoms with van der Waals surface area (Å²) in [6.07, 6.45) is -1.63. The molecule has 3 nitrogen and oxygen atoms in total. The molecule has 0 aliphatic heterocycles. The Morgan fingerprint density at radius 2 is 1.46 bits per heavy atom. The molecule has 0 amide bonds. The molecule has 0 heterocycles. The van der Waals surface area contributed by atoms with Crippen molar-refractivity contribution in [3.63, 3.8) is 0 Å². The Balaban J connectivity index is 1.70. The molecule has 0 bridgehead atoms. The van der Waals surface area contributed by atoms with Crippen LogP contribution in [0, 0.1) is 6.92 Å². The van der Waals surface area contributed by atoms with Gasteiger partial charge in [0.15, 0.2) is 13.2 Å². The zero-order valence-electron chi connectivity index (χ0n) is 14.5. The van der Waals surface area contributed by atoms with E-state index in [4.69, 9.17) is 4.74 Å². The van der Waals surface area contributed by atoms with Gasteiger partial charge in [-0.3, -0.25) is 0 Å². The lowest BCUT2D eigenvalue weighted by molar-refractivity contribution is -0.187. The Bertz CT molecular complexity index is 692. The highest BCUT2D eigenvalue weighted by atomic mass is 19.4. The van der Waals surface area contributed by atoms with Gasteiger partial charge in [-0.2, -0.15) is 13.2 Å². The molecule has 0 unspecified atom stereocenters. The normalized spacial score (nSPS) is 11.2. The van der Waals surface area contributed by atoms with Crippen LogP contribution in [0.15, 0.2) is 48.5 Å². The molecule has 0 saturated carbocycles. The summed E-state index contributed by atoms with van der Waals surface area (Å²) in [5.41, 5.74) is 3.67. The summed E-state index contributed by atoms with van der Waals surface area (Å²) in [5, 5.41) is 0. The smallest absolute Gasteiger partial charge is 0.422 e. The highest BCUT2D eigenvalue weighted by Gasteiger charge is 2.29. The van der Waals surface area contributed by atoms with Crippen molar-refractivity contribution in [3.05, 3.63) is 65.2 Å². The Morgan fingerprint density at radius 1 is 0.923 bits per heavy atom. The van der Waals surface area contributed by atoms with E-state index in [-0.39, 0.29) is 0 Å². The van der Waals surface area contributed by atoms with Crippen LogP contribution < -0.4 is 4.74 Å². The van der Waals surface area contributed by atoms with Crippen molar-refractivity contribution in [2.24, 2.45) is 0 Å². The lowest BCUT2D eigenvalue weighted by Crippen LogP contribution is -2.23. The number of benzene rings is 2. The number of rotatable bonds is 8. The first-order valence-electron chi connectivity index (χ1n) is 8.31. The van der Waals surface area contributed by atoms with E-state index in [2.05, 4.69) is 35.9 Å². The minimum absolute atomic E-state index is 0.413. The van der Waals surface area contributed by atoms with Crippen LogP contribution in [0.5, 0.6) is 5.75 Å². The number of esters is 1. The maximum atomic E-state index is 11.9. The monoisotopic (exact) mass is 366 g/mol. The molecular weight excluding hydrogens is 345 g/mol. The third kappa shape index (κ3) is 7.59. The number of hydrogen-bond acceptors (Lipinski definition) is 3. The highest BCUT2D eigenvalue weighted by molar-refractivity contribution is 5.71. The standard InChI is InChI=1S/C20H21F3O3/c1-15-5-7-16(8-6-15)3-2-4-17-9-11-18(12-10-17)25-13-19(24)26-14-20(21,22)23/h5-12H,2-4,13-14H2,1H3. The first-order valence-corrected chi connectivity index (χ1v) is 8.31. The minimum Gasteiger partial charge on any atom is -0.482 e. The van der Waals surface area contributed by atoms with Crippen LogP contribution in [0.2, 0.25) is 0 Å². The maximum Gasteiger partial charge on any atom is 0.422 e. The molecule has 0 aromatic heterocycles. The molecule has 0 fully saturated rings. The van der Waals surface area contributed by atoms with Crippen molar-refractivity contribution < 1.29 is 27.4 Å². The lowest BCUT2D eigenvalue weighted by Gasteiger charge is -2.09. The zero-order chi connectivity index (χ0) is 19.0. The largest absolute Gasteiger partial charge is 0.482 e. The van der Waals surface area contributed by atoms with Crippen molar-refractivity contribution in [2.75, 3.05) is 13.2 Å². The van der Waals surface area contributed by atoms with E-state index in [0.29, 0.717) is 5.75 Å². The SMILES string of the molecule is Cc1ccc(CCCc2ccc(OCC(=O)OCC(F)(F)F)cc2)cc1. The van der Waals surface area contributed by atoms with E-state index in [1.165, 1.54) is 11.1 Å². The average Bonchev–Trinajstić information content (AvgIpc) is 2.60. The summed E-state index contributed by atoms with van der Waals surface area (Å²) in [6.45, 7) is -0.0958. The van der Waals surface area contributed by atoms with Gasteiger partial charge in [0.05, 0.1) is 0 Å². The first-order chi connectivity index (χ1) is 12.3. The van der Waals surface area contributed by atoms with Gasteiger partial charge in [0.25, 0.3) is 0 Å². The number of alkyl halides is 3. The third-order valence-corrected chi connectivity index (χ3v) is 3.73. The fraction of sp³-hybridized carbons (Fsp3) is 0.350. The molecule has 26 heavy (non-hydrogen) atoms. The predicted molar refractivity (Wildman–Crippen MR) is 92.2 cm³/mol. The number of hydrogen-bond donors (Lipinski definition) is 0. The van der Waals surface area contributed by atoms with Crippen molar-refractivity contribution in [2.45, 2.75) is 32.4 Å². The summed E-state index contributed by atoms with van der Waals surface area (Å²) < 4.78 is 45.0. The second-order valence-electron chi connectivity index (χ2n) is 6.05. The molecule has 0 aliphatic rings. The van der Waals surface area contributed by atoms with Crippen molar-refractivity contribution in [3.8, 4) is 5.75 Å². The molecular formula is C20H21F3O3. The highest BCUT2D eigenvalue weighted by Crippen LogP contribution is 2.16. The van der Waals surface area contributed by atoms with Gasteiger partial charge < -0.3 is 9.47 Å². The number of ether oxygens (including phenoxy) is 2. The van der Waals surface area contributed by atoms with Crippen molar-refractivity contribution in [1.29, 1.82) is 0 Å². The van der Waals surface area contributed by atoms with E-state index in [0.717, 1.165) is 24.8 Å². The van der Waals surface area contributed by atoms with Gasteiger partial charge in [-0.15, -0.1) is 0 Å².